The third-order valence-electron chi connectivity index (χ3n) is 2.31. The van der Waals surface area contributed by atoms with E-state index in [9.17, 15) is 9.90 Å². The second kappa shape index (κ2) is 5.18. The van der Waals surface area contributed by atoms with Crippen LogP contribution in [0.15, 0.2) is 42.6 Å². The number of rotatable bonds is 3. The molecule has 2 rings (SSSR count). The van der Waals surface area contributed by atoms with Crippen LogP contribution < -0.4 is 10.1 Å². The summed E-state index contributed by atoms with van der Waals surface area (Å²) in [5, 5.41) is 11.9. The van der Waals surface area contributed by atoms with E-state index in [0.29, 0.717) is 17.1 Å². The van der Waals surface area contributed by atoms with Gasteiger partial charge < -0.3 is 15.2 Å². The Morgan fingerprint density at radius 1 is 1.33 bits per heavy atom. The summed E-state index contributed by atoms with van der Waals surface area (Å²) in [7, 11) is 1.51. The van der Waals surface area contributed by atoms with Crippen molar-refractivity contribution in [3.8, 4) is 11.6 Å². The van der Waals surface area contributed by atoms with Crippen molar-refractivity contribution in [3.63, 3.8) is 0 Å². The zero-order chi connectivity index (χ0) is 13.0. The van der Waals surface area contributed by atoms with Gasteiger partial charge >= 0.3 is 0 Å². The first-order valence-corrected chi connectivity index (χ1v) is 5.29. The molecular weight excluding hydrogens is 232 g/mol. The lowest BCUT2D eigenvalue weighted by molar-refractivity contribution is 0.102. The molecule has 0 atom stereocenters. The predicted molar refractivity (Wildman–Crippen MR) is 66.8 cm³/mol. The molecule has 1 heterocycles. The lowest BCUT2D eigenvalue weighted by Crippen LogP contribution is -2.12. The maximum Gasteiger partial charge on any atom is 0.257 e. The van der Waals surface area contributed by atoms with Crippen molar-refractivity contribution in [2.75, 3.05) is 12.4 Å². The average Bonchev–Trinajstić information content (AvgIpc) is 2.39. The summed E-state index contributed by atoms with van der Waals surface area (Å²) in [6.07, 6.45) is 1.43. The van der Waals surface area contributed by atoms with Crippen LogP contribution in [-0.2, 0) is 0 Å². The number of hydrogen-bond donors (Lipinski definition) is 2. The number of nitrogens with one attached hydrogen (secondary N) is 1. The molecule has 1 aromatic carbocycles. The van der Waals surface area contributed by atoms with Crippen molar-refractivity contribution in [3.05, 3.63) is 48.2 Å². The minimum Gasteiger partial charge on any atom is -0.508 e. The van der Waals surface area contributed by atoms with Crippen LogP contribution in [0, 0.1) is 0 Å². The number of ether oxygens (including phenoxy) is 1. The van der Waals surface area contributed by atoms with E-state index in [1.165, 1.54) is 25.4 Å². The Morgan fingerprint density at radius 2 is 2.17 bits per heavy atom. The van der Waals surface area contributed by atoms with E-state index in [4.69, 9.17) is 4.74 Å². The van der Waals surface area contributed by atoms with Gasteiger partial charge in [0.25, 0.3) is 5.91 Å². The first kappa shape index (κ1) is 11.9. The van der Waals surface area contributed by atoms with Crippen molar-refractivity contribution in [1.82, 2.24) is 4.98 Å². The first-order valence-electron chi connectivity index (χ1n) is 5.29. The van der Waals surface area contributed by atoms with Crippen LogP contribution in [-0.4, -0.2) is 23.1 Å². The minimum atomic E-state index is -0.296. The van der Waals surface area contributed by atoms with E-state index in [0.717, 1.165) is 0 Å². The largest absolute Gasteiger partial charge is 0.508 e. The van der Waals surface area contributed by atoms with Crippen molar-refractivity contribution >= 4 is 11.6 Å². The van der Waals surface area contributed by atoms with Crippen molar-refractivity contribution in [2.24, 2.45) is 0 Å². The Balaban J connectivity index is 2.11. The average molecular weight is 244 g/mol. The smallest absolute Gasteiger partial charge is 0.257 e. The van der Waals surface area contributed by atoms with Crippen LogP contribution in [0.2, 0.25) is 0 Å². The Hall–Kier alpha value is -2.56. The van der Waals surface area contributed by atoms with Gasteiger partial charge in [-0.1, -0.05) is 6.07 Å². The molecule has 0 bridgehead atoms. The summed E-state index contributed by atoms with van der Waals surface area (Å²) >= 11 is 0. The molecule has 0 aliphatic carbocycles. The minimum absolute atomic E-state index is 0.0978. The fourth-order valence-electron chi connectivity index (χ4n) is 1.42. The van der Waals surface area contributed by atoms with Crippen LogP contribution in [0.25, 0.3) is 0 Å². The van der Waals surface area contributed by atoms with Gasteiger partial charge in [-0.3, -0.25) is 4.79 Å². The van der Waals surface area contributed by atoms with Crippen LogP contribution in [0.3, 0.4) is 0 Å². The Kier molecular flexibility index (Phi) is 3.43. The second-order valence-corrected chi connectivity index (χ2v) is 3.59. The monoisotopic (exact) mass is 244 g/mol. The number of methoxy groups -OCH3 is 1. The van der Waals surface area contributed by atoms with E-state index >= 15 is 0 Å². The van der Waals surface area contributed by atoms with Crippen molar-refractivity contribution in [1.29, 1.82) is 0 Å². The van der Waals surface area contributed by atoms with Gasteiger partial charge in [0.15, 0.2) is 0 Å². The van der Waals surface area contributed by atoms with Gasteiger partial charge in [0.05, 0.1) is 12.7 Å². The summed E-state index contributed by atoms with van der Waals surface area (Å²) in [5.41, 5.74) is 0.940. The number of aromatic nitrogens is 1. The highest BCUT2D eigenvalue weighted by Crippen LogP contribution is 2.16. The van der Waals surface area contributed by atoms with Crippen LogP contribution in [0.4, 0.5) is 5.69 Å². The number of hydrogen-bond acceptors (Lipinski definition) is 4. The van der Waals surface area contributed by atoms with Crippen LogP contribution >= 0.6 is 0 Å². The van der Waals surface area contributed by atoms with E-state index in [2.05, 4.69) is 10.3 Å². The fraction of sp³-hybridized carbons (Fsp3) is 0.0769. The molecule has 0 saturated heterocycles. The van der Waals surface area contributed by atoms with Gasteiger partial charge in [-0.25, -0.2) is 4.98 Å². The predicted octanol–water partition coefficient (Wildman–Crippen LogP) is 2.05. The number of amides is 1. The summed E-state index contributed by atoms with van der Waals surface area (Å²) in [5.74, 6) is 0.250. The number of pyridine rings is 1. The standard InChI is InChI=1S/C13H12N2O3/c1-18-12-6-5-9(8-14-12)13(17)15-10-3-2-4-11(16)7-10/h2-8,16H,1H3,(H,15,17). The molecule has 0 saturated carbocycles. The third kappa shape index (κ3) is 2.76. The summed E-state index contributed by atoms with van der Waals surface area (Å²) < 4.78 is 4.91. The zero-order valence-electron chi connectivity index (χ0n) is 9.75. The Morgan fingerprint density at radius 3 is 2.78 bits per heavy atom. The van der Waals surface area contributed by atoms with Crippen LogP contribution in [0.5, 0.6) is 11.6 Å². The topological polar surface area (TPSA) is 71.5 Å². The highest BCUT2D eigenvalue weighted by Gasteiger charge is 2.07. The quantitative estimate of drug-likeness (QED) is 0.866. The molecule has 1 aromatic heterocycles. The van der Waals surface area contributed by atoms with Crippen molar-refractivity contribution in [2.45, 2.75) is 0 Å². The fourth-order valence-corrected chi connectivity index (χ4v) is 1.42. The molecule has 0 unspecified atom stereocenters. The maximum absolute atomic E-state index is 11.9. The lowest BCUT2D eigenvalue weighted by Gasteiger charge is -2.05. The molecule has 0 radical (unpaired) electrons. The number of aromatic hydroxyl groups is 1. The third-order valence-corrected chi connectivity index (χ3v) is 2.31. The van der Waals surface area contributed by atoms with Crippen LogP contribution in [0.1, 0.15) is 10.4 Å². The molecule has 0 spiro atoms. The molecule has 0 aliphatic heterocycles. The molecule has 1 amide bonds. The molecule has 2 N–H and O–H groups in total. The number of phenols is 1. The molecule has 0 aliphatic rings. The van der Waals surface area contributed by atoms with Gasteiger partial charge in [-0.05, 0) is 18.2 Å². The first-order chi connectivity index (χ1) is 8.69. The Labute approximate surface area is 104 Å². The van der Waals surface area contributed by atoms with Gasteiger partial charge in [0.2, 0.25) is 5.88 Å². The zero-order valence-corrected chi connectivity index (χ0v) is 9.75. The van der Waals surface area contributed by atoms with Gasteiger partial charge in [0, 0.05) is 24.0 Å². The number of anilines is 1. The molecule has 2 aromatic rings. The molecular formula is C13H12N2O3. The highest BCUT2D eigenvalue weighted by atomic mass is 16.5. The normalized spacial score (nSPS) is 9.83. The van der Waals surface area contributed by atoms with E-state index < -0.39 is 0 Å². The molecule has 92 valence electrons. The molecule has 18 heavy (non-hydrogen) atoms. The highest BCUT2D eigenvalue weighted by molar-refractivity contribution is 6.04. The number of carbonyl (C=O) groups excluding carboxylic acids is 1. The lowest BCUT2D eigenvalue weighted by atomic mass is 10.2. The number of carbonyl (C=O) groups is 1. The summed E-state index contributed by atoms with van der Waals surface area (Å²) in [4.78, 5) is 15.8. The van der Waals surface area contributed by atoms with Gasteiger partial charge in [0.1, 0.15) is 5.75 Å². The molecule has 0 fully saturated rings. The SMILES string of the molecule is COc1ccc(C(=O)Nc2cccc(O)c2)cn1. The number of benzene rings is 1. The van der Waals surface area contributed by atoms with E-state index in [-0.39, 0.29) is 11.7 Å². The van der Waals surface area contributed by atoms with E-state index in [1.54, 1.807) is 24.3 Å². The molecule has 5 nitrogen and oxygen atoms in total. The summed E-state index contributed by atoms with van der Waals surface area (Å²) in [6, 6.07) is 9.56. The van der Waals surface area contributed by atoms with Gasteiger partial charge in [-0.2, -0.15) is 0 Å². The van der Waals surface area contributed by atoms with E-state index in [1.807, 2.05) is 0 Å². The number of phenolic OH excluding ortho intramolecular Hbond substituents is 1. The maximum atomic E-state index is 11.9. The Bertz CT molecular complexity index is 552. The van der Waals surface area contributed by atoms with Crippen molar-refractivity contribution < 1.29 is 14.6 Å². The molecule has 5 heteroatoms. The second-order valence-electron chi connectivity index (χ2n) is 3.59. The number of nitrogens with zero attached hydrogens (tertiary/aromatic N) is 1. The summed E-state index contributed by atoms with van der Waals surface area (Å²) in [6.45, 7) is 0. The van der Waals surface area contributed by atoms with Gasteiger partial charge in [-0.15, -0.1) is 0 Å².